The summed E-state index contributed by atoms with van der Waals surface area (Å²) >= 11 is 0. The fourth-order valence-corrected chi connectivity index (χ4v) is 0.674. The van der Waals surface area contributed by atoms with Crippen LogP contribution in [0.25, 0.3) is 10.4 Å². The normalized spacial score (nSPS) is 11.5. The molecule has 1 unspecified atom stereocenters. The van der Waals surface area contributed by atoms with Crippen molar-refractivity contribution in [1.82, 2.24) is 5.32 Å². The number of carbonyl (C=O) groups is 1. The lowest BCUT2D eigenvalue weighted by molar-refractivity contribution is -0.122. The molecule has 0 saturated heterocycles. The van der Waals surface area contributed by atoms with E-state index in [1.165, 1.54) is 0 Å². The van der Waals surface area contributed by atoms with Gasteiger partial charge in [0.15, 0.2) is 0 Å². The van der Waals surface area contributed by atoms with E-state index in [0.717, 1.165) is 0 Å². The molecule has 0 rings (SSSR count). The molecule has 11 heavy (non-hydrogen) atoms. The minimum Gasteiger partial charge on any atom is -0.356 e. The second kappa shape index (κ2) is 5.56. The highest BCUT2D eigenvalue weighted by molar-refractivity contribution is 5.81. The molecule has 0 aromatic rings. The molecule has 1 amide bonds. The van der Waals surface area contributed by atoms with Crippen LogP contribution >= 0.6 is 0 Å². The fraction of sp³-hybridized carbons (Fsp3) is 0.833. The zero-order chi connectivity index (χ0) is 8.69. The first-order valence-corrected chi connectivity index (χ1v) is 3.58. The van der Waals surface area contributed by atoms with Gasteiger partial charge in [0, 0.05) is 11.5 Å². The molecule has 0 aliphatic carbocycles. The minimum absolute atomic E-state index is 0.201. The van der Waals surface area contributed by atoms with E-state index in [2.05, 4.69) is 15.3 Å². The van der Waals surface area contributed by atoms with Gasteiger partial charge in [-0.2, -0.15) is 0 Å². The Hall–Kier alpha value is -1.22. The molecular weight excluding hydrogens is 144 g/mol. The first-order valence-electron chi connectivity index (χ1n) is 3.58. The van der Waals surface area contributed by atoms with Crippen LogP contribution in [0, 0.1) is 0 Å². The van der Waals surface area contributed by atoms with Crippen LogP contribution in [0.5, 0.6) is 0 Å². The minimum atomic E-state index is -0.556. The van der Waals surface area contributed by atoms with Crippen LogP contribution in [-0.2, 0) is 4.79 Å². The number of hydrogen-bond acceptors (Lipinski definition) is 2. The van der Waals surface area contributed by atoms with Crippen LogP contribution in [-0.4, -0.2) is 18.5 Å². The number of likely N-dealkylation sites (N-methyl/N-ethyl adjacent to an activating group) is 1. The van der Waals surface area contributed by atoms with Crippen molar-refractivity contribution >= 4 is 5.91 Å². The summed E-state index contributed by atoms with van der Waals surface area (Å²) in [5, 5.41) is 5.91. The van der Waals surface area contributed by atoms with E-state index < -0.39 is 6.04 Å². The van der Waals surface area contributed by atoms with Crippen LogP contribution in [0.4, 0.5) is 0 Å². The number of hydrogen-bond donors (Lipinski definition) is 1. The summed E-state index contributed by atoms with van der Waals surface area (Å²) in [6, 6.07) is -0.556. The van der Waals surface area contributed by atoms with Crippen LogP contribution in [0.15, 0.2) is 5.11 Å². The Morgan fingerprint density at radius 3 is 2.73 bits per heavy atom. The smallest absolute Gasteiger partial charge is 0.228 e. The van der Waals surface area contributed by atoms with E-state index in [0.29, 0.717) is 13.0 Å². The summed E-state index contributed by atoms with van der Waals surface area (Å²) in [5.41, 5.74) is 8.06. The fourth-order valence-electron chi connectivity index (χ4n) is 0.674. The second-order valence-electron chi connectivity index (χ2n) is 2.02. The molecular formula is C6H12N4O. The number of nitrogens with one attached hydrogen (secondary N) is 1. The third-order valence-electron chi connectivity index (χ3n) is 1.23. The van der Waals surface area contributed by atoms with Gasteiger partial charge in [-0.15, -0.1) is 0 Å². The number of amides is 1. The summed E-state index contributed by atoms with van der Waals surface area (Å²) in [5.74, 6) is -0.201. The van der Waals surface area contributed by atoms with E-state index in [-0.39, 0.29) is 5.91 Å². The summed E-state index contributed by atoms with van der Waals surface area (Å²) in [6.07, 6.45) is 0.538. The SMILES string of the molecule is CCNC(=O)C(CC)N=[N+]=[N-]. The standard InChI is InChI=1S/C6H12N4O/c1-3-5(9-10-7)6(11)8-4-2/h5H,3-4H2,1-2H3,(H,8,11). The molecule has 0 aromatic carbocycles. The zero-order valence-electron chi connectivity index (χ0n) is 6.74. The Morgan fingerprint density at radius 1 is 1.73 bits per heavy atom. The molecule has 5 heteroatoms. The Bertz CT molecular complexity index is 173. The molecule has 0 bridgehead atoms. The average Bonchev–Trinajstić information content (AvgIpc) is 2.00. The highest BCUT2D eigenvalue weighted by atomic mass is 16.2. The van der Waals surface area contributed by atoms with Crippen molar-refractivity contribution in [3.05, 3.63) is 10.4 Å². The van der Waals surface area contributed by atoms with E-state index in [1.54, 1.807) is 6.92 Å². The predicted octanol–water partition coefficient (Wildman–Crippen LogP) is 1.21. The predicted molar refractivity (Wildman–Crippen MR) is 41.9 cm³/mol. The molecule has 0 aromatic heterocycles. The van der Waals surface area contributed by atoms with Crippen molar-refractivity contribution in [2.24, 2.45) is 5.11 Å². The van der Waals surface area contributed by atoms with Crippen molar-refractivity contribution < 1.29 is 4.79 Å². The number of rotatable bonds is 4. The second-order valence-corrected chi connectivity index (χ2v) is 2.02. The van der Waals surface area contributed by atoms with Gasteiger partial charge in [-0.05, 0) is 18.9 Å². The third kappa shape index (κ3) is 3.47. The number of carbonyl (C=O) groups excluding carboxylic acids is 1. The van der Waals surface area contributed by atoms with Gasteiger partial charge in [0.2, 0.25) is 5.91 Å². The van der Waals surface area contributed by atoms with Gasteiger partial charge in [0.1, 0.15) is 6.04 Å². The van der Waals surface area contributed by atoms with Crippen LogP contribution < -0.4 is 5.32 Å². The highest BCUT2D eigenvalue weighted by Gasteiger charge is 2.11. The maximum Gasteiger partial charge on any atom is 0.228 e. The van der Waals surface area contributed by atoms with Gasteiger partial charge in [0.25, 0.3) is 0 Å². The van der Waals surface area contributed by atoms with Crippen molar-refractivity contribution in [2.45, 2.75) is 26.3 Å². The van der Waals surface area contributed by atoms with Crippen LogP contribution in [0.3, 0.4) is 0 Å². The first-order chi connectivity index (χ1) is 5.26. The summed E-state index contributed by atoms with van der Waals surface area (Å²) < 4.78 is 0. The van der Waals surface area contributed by atoms with Gasteiger partial charge < -0.3 is 5.32 Å². The molecule has 0 aliphatic heterocycles. The van der Waals surface area contributed by atoms with Crippen LogP contribution in [0.1, 0.15) is 20.3 Å². The number of nitrogens with zero attached hydrogens (tertiary/aromatic N) is 3. The van der Waals surface area contributed by atoms with Gasteiger partial charge in [-0.1, -0.05) is 12.0 Å². The van der Waals surface area contributed by atoms with E-state index in [9.17, 15) is 4.79 Å². The molecule has 62 valence electrons. The molecule has 1 atom stereocenters. The van der Waals surface area contributed by atoms with Gasteiger partial charge in [-0.3, -0.25) is 4.79 Å². The van der Waals surface area contributed by atoms with Gasteiger partial charge >= 0.3 is 0 Å². The van der Waals surface area contributed by atoms with Gasteiger partial charge in [-0.25, -0.2) is 0 Å². The lowest BCUT2D eigenvalue weighted by Crippen LogP contribution is -2.32. The van der Waals surface area contributed by atoms with E-state index in [4.69, 9.17) is 5.53 Å². The Morgan fingerprint density at radius 2 is 2.36 bits per heavy atom. The Labute approximate surface area is 65.4 Å². The molecule has 0 radical (unpaired) electrons. The molecule has 0 spiro atoms. The topological polar surface area (TPSA) is 77.9 Å². The Balaban J connectivity index is 4.02. The first kappa shape index (κ1) is 9.78. The highest BCUT2D eigenvalue weighted by Crippen LogP contribution is 1.96. The van der Waals surface area contributed by atoms with E-state index in [1.807, 2.05) is 6.92 Å². The van der Waals surface area contributed by atoms with Crippen molar-refractivity contribution in [3.63, 3.8) is 0 Å². The largest absolute Gasteiger partial charge is 0.356 e. The summed E-state index contributed by atoms with van der Waals surface area (Å²) in [4.78, 5) is 13.6. The summed E-state index contributed by atoms with van der Waals surface area (Å²) in [7, 11) is 0. The Kier molecular flexibility index (Phi) is 4.94. The third-order valence-corrected chi connectivity index (χ3v) is 1.23. The van der Waals surface area contributed by atoms with Crippen molar-refractivity contribution in [3.8, 4) is 0 Å². The molecule has 0 fully saturated rings. The quantitative estimate of drug-likeness (QED) is 0.370. The maximum atomic E-state index is 11.0. The summed E-state index contributed by atoms with van der Waals surface area (Å²) in [6.45, 7) is 4.19. The molecule has 1 N–H and O–H groups in total. The monoisotopic (exact) mass is 156 g/mol. The average molecular weight is 156 g/mol. The number of azide groups is 1. The van der Waals surface area contributed by atoms with Crippen molar-refractivity contribution in [1.29, 1.82) is 0 Å². The van der Waals surface area contributed by atoms with Gasteiger partial charge in [0.05, 0.1) is 0 Å². The molecule has 5 nitrogen and oxygen atoms in total. The van der Waals surface area contributed by atoms with E-state index >= 15 is 0 Å². The maximum absolute atomic E-state index is 11.0. The molecule has 0 saturated carbocycles. The molecule has 0 heterocycles. The lowest BCUT2D eigenvalue weighted by atomic mass is 10.2. The zero-order valence-corrected chi connectivity index (χ0v) is 6.74. The molecule has 0 aliphatic rings. The van der Waals surface area contributed by atoms with Crippen LogP contribution in [0.2, 0.25) is 0 Å². The lowest BCUT2D eigenvalue weighted by Gasteiger charge is -2.06. The van der Waals surface area contributed by atoms with Crippen molar-refractivity contribution in [2.75, 3.05) is 6.54 Å².